The number of rotatable bonds is 7. The Labute approximate surface area is 132 Å². The lowest BCUT2D eigenvalue weighted by Gasteiger charge is -2.14. The van der Waals surface area contributed by atoms with E-state index in [1.807, 2.05) is 37.9 Å². The van der Waals surface area contributed by atoms with Gasteiger partial charge in [0.2, 0.25) is 10.0 Å². The van der Waals surface area contributed by atoms with E-state index in [0.717, 1.165) is 35.5 Å². The molecule has 1 aliphatic rings. The summed E-state index contributed by atoms with van der Waals surface area (Å²) in [7, 11) is -1.56. The van der Waals surface area contributed by atoms with Gasteiger partial charge in [-0.15, -0.1) is 0 Å². The third kappa shape index (κ3) is 4.45. The highest BCUT2D eigenvalue weighted by Crippen LogP contribution is 2.24. The largest absolute Gasteiger partial charge is 0.316 e. The van der Waals surface area contributed by atoms with Crippen molar-refractivity contribution < 1.29 is 8.42 Å². The van der Waals surface area contributed by atoms with Crippen LogP contribution in [0.5, 0.6) is 0 Å². The van der Waals surface area contributed by atoms with Crippen LogP contribution in [0.25, 0.3) is 0 Å². The highest BCUT2D eigenvalue weighted by molar-refractivity contribution is 7.99. The van der Waals surface area contributed by atoms with Gasteiger partial charge in [-0.05, 0) is 54.5 Å². The summed E-state index contributed by atoms with van der Waals surface area (Å²) >= 11 is 1.90. The van der Waals surface area contributed by atoms with Crippen LogP contribution in [0.3, 0.4) is 0 Å². The molecule has 1 aliphatic heterocycles. The van der Waals surface area contributed by atoms with E-state index in [2.05, 4.69) is 10.0 Å². The molecule has 1 aromatic rings. The normalized spacial score (nSPS) is 19.0. The molecule has 1 saturated heterocycles. The first kappa shape index (κ1) is 16.8. The predicted molar refractivity (Wildman–Crippen MR) is 89.2 cm³/mol. The molecule has 1 heterocycles. The zero-order chi connectivity index (χ0) is 15.3. The molecule has 2 rings (SSSR count). The quantitative estimate of drug-likeness (QED) is 0.804. The molecular weight excluding hydrogens is 304 g/mol. The van der Waals surface area contributed by atoms with Crippen molar-refractivity contribution in [3.8, 4) is 0 Å². The second kappa shape index (κ2) is 7.63. The predicted octanol–water partition coefficient (Wildman–Crippen LogP) is 2.00. The van der Waals surface area contributed by atoms with Gasteiger partial charge in [0.05, 0.1) is 4.90 Å². The van der Waals surface area contributed by atoms with Gasteiger partial charge in [0.15, 0.2) is 0 Å². The van der Waals surface area contributed by atoms with E-state index in [9.17, 15) is 8.42 Å². The summed E-state index contributed by atoms with van der Waals surface area (Å²) in [5.41, 5.74) is 1.87. The molecule has 6 heteroatoms. The number of sulfonamides is 1. The van der Waals surface area contributed by atoms with Crippen LogP contribution in [-0.2, 0) is 23.0 Å². The Hall–Kier alpha value is -0.560. The van der Waals surface area contributed by atoms with Crippen LogP contribution in [0.1, 0.15) is 24.5 Å². The highest BCUT2D eigenvalue weighted by atomic mass is 32.2. The molecular formula is C15H24N2O2S2. The maximum Gasteiger partial charge on any atom is 0.240 e. The van der Waals surface area contributed by atoms with Crippen LogP contribution >= 0.6 is 11.8 Å². The van der Waals surface area contributed by atoms with E-state index in [1.54, 1.807) is 6.07 Å². The summed E-state index contributed by atoms with van der Waals surface area (Å²) in [6.07, 6.45) is 1.82. The third-order valence-electron chi connectivity index (χ3n) is 3.77. The number of benzene rings is 1. The fraction of sp³-hybridized carbons (Fsp3) is 0.600. The van der Waals surface area contributed by atoms with Crippen molar-refractivity contribution in [1.82, 2.24) is 10.0 Å². The molecule has 0 aliphatic carbocycles. The molecule has 0 spiro atoms. The standard InChI is InChI=1S/C15H24N2O2S2/c1-3-14-5-4-12(9-16-2)8-15(14)21(18,19)17-10-13-6-7-20-11-13/h4-5,8,13,16-17H,3,6-7,9-11H2,1-2H3. The van der Waals surface area contributed by atoms with Crippen LogP contribution in [0.15, 0.2) is 23.1 Å². The zero-order valence-corrected chi connectivity index (χ0v) is 14.3. The SMILES string of the molecule is CCc1ccc(CNC)cc1S(=O)(=O)NCC1CCSC1. The number of hydrogen-bond donors (Lipinski definition) is 2. The smallest absolute Gasteiger partial charge is 0.240 e. The van der Waals surface area contributed by atoms with Crippen LogP contribution < -0.4 is 10.0 Å². The first-order chi connectivity index (χ1) is 10.1. The molecule has 1 atom stereocenters. The van der Waals surface area contributed by atoms with E-state index in [-0.39, 0.29) is 0 Å². The number of aryl methyl sites for hydroxylation is 1. The topological polar surface area (TPSA) is 58.2 Å². The molecule has 0 bridgehead atoms. The Kier molecular flexibility index (Phi) is 6.10. The molecule has 21 heavy (non-hydrogen) atoms. The van der Waals surface area contributed by atoms with Gasteiger partial charge in [-0.1, -0.05) is 19.1 Å². The first-order valence-electron chi connectivity index (χ1n) is 7.40. The number of nitrogens with one attached hydrogen (secondary N) is 2. The van der Waals surface area contributed by atoms with Crippen molar-refractivity contribution in [2.24, 2.45) is 5.92 Å². The van der Waals surface area contributed by atoms with Gasteiger partial charge in [-0.3, -0.25) is 0 Å². The van der Waals surface area contributed by atoms with Crippen molar-refractivity contribution in [2.75, 3.05) is 25.1 Å². The Morgan fingerprint density at radius 1 is 1.38 bits per heavy atom. The summed E-state index contributed by atoms with van der Waals surface area (Å²) in [4.78, 5) is 0.434. The average Bonchev–Trinajstić information content (AvgIpc) is 2.99. The third-order valence-corrected chi connectivity index (χ3v) is 6.51. The molecule has 0 saturated carbocycles. The minimum atomic E-state index is -3.42. The molecule has 0 aromatic heterocycles. The van der Waals surface area contributed by atoms with Crippen LogP contribution in [-0.4, -0.2) is 33.5 Å². The minimum Gasteiger partial charge on any atom is -0.316 e. The van der Waals surface area contributed by atoms with Crippen LogP contribution in [0.4, 0.5) is 0 Å². The molecule has 4 nitrogen and oxygen atoms in total. The average molecular weight is 329 g/mol. The Morgan fingerprint density at radius 3 is 2.81 bits per heavy atom. The summed E-state index contributed by atoms with van der Waals surface area (Å²) in [5.74, 6) is 2.67. The molecule has 118 valence electrons. The van der Waals surface area contributed by atoms with Crippen molar-refractivity contribution in [2.45, 2.75) is 31.2 Å². The van der Waals surface area contributed by atoms with Crippen molar-refractivity contribution in [1.29, 1.82) is 0 Å². The molecule has 0 radical (unpaired) electrons. The van der Waals surface area contributed by atoms with Gasteiger partial charge in [0, 0.05) is 13.1 Å². The fourth-order valence-corrected chi connectivity index (χ4v) is 5.26. The summed E-state index contributed by atoms with van der Waals surface area (Å²) in [5, 5.41) is 3.06. The number of hydrogen-bond acceptors (Lipinski definition) is 4. The molecule has 1 fully saturated rings. The van der Waals surface area contributed by atoms with Gasteiger partial charge in [-0.25, -0.2) is 13.1 Å². The van der Waals surface area contributed by atoms with Crippen LogP contribution in [0.2, 0.25) is 0 Å². The fourth-order valence-electron chi connectivity index (χ4n) is 2.50. The van der Waals surface area contributed by atoms with Gasteiger partial charge < -0.3 is 5.32 Å². The lowest BCUT2D eigenvalue weighted by molar-refractivity contribution is 0.545. The van der Waals surface area contributed by atoms with Crippen LogP contribution in [0, 0.1) is 5.92 Å². The Morgan fingerprint density at radius 2 is 2.19 bits per heavy atom. The lowest BCUT2D eigenvalue weighted by Crippen LogP contribution is -2.30. The molecule has 2 N–H and O–H groups in total. The second-order valence-electron chi connectivity index (χ2n) is 5.41. The lowest BCUT2D eigenvalue weighted by atomic mass is 10.1. The Bertz CT molecular complexity index is 567. The zero-order valence-electron chi connectivity index (χ0n) is 12.7. The van der Waals surface area contributed by atoms with Crippen molar-refractivity contribution in [3.63, 3.8) is 0 Å². The van der Waals surface area contributed by atoms with E-state index in [1.165, 1.54) is 0 Å². The van der Waals surface area contributed by atoms with E-state index in [0.29, 0.717) is 23.9 Å². The summed E-state index contributed by atoms with van der Waals surface area (Å²) < 4.78 is 28.0. The summed E-state index contributed by atoms with van der Waals surface area (Å²) in [6, 6.07) is 5.70. The first-order valence-corrected chi connectivity index (χ1v) is 10.0. The van der Waals surface area contributed by atoms with Crippen molar-refractivity contribution >= 4 is 21.8 Å². The maximum atomic E-state index is 12.6. The van der Waals surface area contributed by atoms with Gasteiger partial charge in [0.25, 0.3) is 0 Å². The minimum absolute atomic E-state index is 0.434. The monoisotopic (exact) mass is 328 g/mol. The van der Waals surface area contributed by atoms with Gasteiger partial charge >= 0.3 is 0 Å². The van der Waals surface area contributed by atoms with E-state index in [4.69, 9.17) is 0 Å². The molecule has 1 unspecified atom stereocenters. The molecule has 1 aromatic carbocycles. The summed E-state index contributed by atoms with van der Waals surface area (Å²) in [6.45, 7) is 3.21. The number of thioether (sulfide) groups is 1. The van der Waals surface area contributed by atoms with E-state index < -0.39 is 10.0 Å². The van der Waals surface area contributed by atoms with Gasteiger partial charge in [-0.2, -0.15) is 11.8 Å². The van der Waals surface area contributed by atoms with Gasteiger partial charge in [0.1, 0.15) is 0 Å². The van der Waals surface area contributed by atoms with Crippen molar-refractivity contribution in [3.05, 3.63) is 29.3 Å². The highest BCUT2D eigenvalue weighted by Gasteiger charge is 2.22. The maximum absolute atomic E-state index is 12.6. The van der Waals surface area contributed by atoms with E-state index >= 15 is 0 Å². The second-order valence-corrected chi connectivity index (χ2v) is 8.29. The molecule has 0 amide bonds. The Balaban J connectivity index is 2.18.